The van der Waals surface area contributed by atoms with E-state index in [4.69, 9.17) is 11.2 Å². The van der Waals surface area contributed by atoms with Gasteiger partial charge in [-0.3, -0.25) is 0 Å². The summed E-state index contributed by atoms with van der Waals surface area (Å²) in [6, 6.07) is 4.76. The lowest BCUT2D eigenvalue weighted by Crippen LogP contribution is -2.44. The van der Waals surface area contributed by atoms with Crippen LogP contribution in [0.5, 0.6) is 5.75 Å². The molecule has 0 radical (unpaired) electrons. The number of hydrogen-bond acceptors (Lipinski definition) is 3. The first kappa shape index (κ1) is 16.5. The van der Waals surface area contributed by atoms with E-state index in [-0.39, 0.29) is 4.90 Å². The van der Waals surface area contributed by atoms with Gasteiger partial charge in [0.1, 0.15) is 5.75 Å². The third-order valence-electron chi connectivity index (χ3n) is 3.14. The highest BCUT2D eigenvalue weighted by molar-refractivity contribution is 7.89. The van der Waals surface area contributed by atoms with Crippen LogP contribution in [0.2, 0.25) is 0 Å². The van der Waals surface area contributed by atoms with Gasteiger partial charge in [0.2, 0.25) is 10.0 Å². The Bertz CT molecular complexity index is 616. The van der Waals surface area contributed by atoms with Crippen LogP contribution in [0, 0.1) is 19.3 Å². The highest BCUT2D eigenvalue weighted by atomic mass is 32.2. The molecule has 1 aromatic carbocycles. The lowest BCUT2D eigenvalue weighted by Gasteiger charge is -2.23. The molecule has 0 fully saturated rings. The molecule has 20 heavy (non-hydrogen) atoms. The quantitative estimate of drug-likeness (QED) is 0.820. The smallest absolute Gasteiger partial charge is 0.241 e. The molecule has 1 atom stereocenters. The summed E-state index contributed by atoms with van der Waals surface area (Å²) in [5.74, 6) is 3.17. The Hall–Kier alpha value is -1.51. The molecule has 0 saturated carbocycles. The summed E-state index contributed by atoms with van der Waals surface area (Å²) in [6.07, 6.45) is 5.91. The molecule has 0 amide bonds. The van der Waals surface area contributed by atoms with Crippen LogP contribution in [-0.2, 0) is 10.0 Å². The van der Waals surface area contributed by atoms with Crippen molar-refractivity contribution in [2.24, 2.45) is 0 Å². The largest absolute Gasteiger partial charge is 0.494 e. The average Bonchev–Trinajstić information content (AvgIpc) is 2.40. The molecule has 0 aliphatic carbocycles. The van der Waals surface area contributed by atoms with Gasteiger partial charge in [-0.1, -0.05) is 12.8 Å². The van der Waals surface area contributed by atoms with E-state index in [1.54, 1.807) is 19.1 Å². The molecule has 5 heteroatoms. The lowest BCUT2D eigenvalue weighted by molar-refractivity contribution is 0.337. The maximum absolute atomic E-state index is 12.3. The van der Waals surface area contributed by atoms with Crippen molar-refractivity contribution >= 4 is 10.0 Å². The number of aryl methyl sites for hydroxylation is 1. The SMILES string of the molecule is C#C[C@@](C)(CC)NS(=O)(=O)c1ccc(OCC)c(C)c1. The van der Waals surface area contributed by atoms with E-state index in [0.717, 1.165) is 5.56 Å². The fraction of sp³-hybridized carbons (Fsp3) is 0.467. The average molecular weight is 295 g/mol. The maximum Gasteiger partial charge on any atom is 0.241 e. The van der Waals surface area contributed by atoms with E-state index in [9.17, 15) is 8.42 Å². The third-order valence-corrected chi connectivity index (χ3v) is 4.74. The van der Waals surface area contributed by atoms with E-state index in [0.29, 0.717) is 18.8 Å². The van der Waals surface area contributed by atoms with Crippen LogP contribution in [0.25, 0.3) is 0 Å². The first-order valence-corrected chi connectivity index (χ1v) is 8.01. The third kappa shape index (κ3) is 3.75. The molecule has 0 bridgehead atoms. The number of sulfonamides is 1. The van der Waals surface area contributed by atoms with Crippen molar-refractivity contribution in [3.05, 3.63) is 23.8 Å². The van der Waals surface area contributed by atoms with Gasteiger partial charge in [0.15, 0.2) is 0 Å². The molecule has 0 unspecified atom stereocenters. The summed E-state index contributed by atoms with van der Waals surface area (Å²) in [6.45, 7) is 7.75. The topological polar surface area (TPSA) is 55.4 Å². The molecular formula is C15H21NO3S. The molecule has 1 rings (SSSR count). The second-order valence-electron chi connectivity index (χ2n) is 4.80. The first-order valence-electron chi connectivity index (χ1n) is 6.53. The van der Waals surface area contributed by atoms with Crippen molar-refractivity contribution in [2.45, 2.75) is 44.6 Å². The van der Waals surface area contributed by atoms with E-state index in [1.165, 1.54) is 6.07 Å². The van der Waals surface area contributed by atoms with E-state index in [2.05, 4.69) is 10.6 Å². The normalized spacial score (nSPS) is 14.3. The van der Waals surface area contributed by atoms with Crippen LogP contribution in [0.4, 0.5) is 0 Å². The van der Waals surface area contributed by atoms with Gasteiger partial charge in [-0.2, -0.15) is 4.72 Å². The van der Waals surface area contributed by atoms with Gasteiger partial charge in [0.05, 0.1) is 17.0 Å². The zero-order chi connectivity index (χ0) is 15.4. The second kappa shape index (κ2) is 6.29. The molecular weight excluding hydrogens is 274 g/mol. The zero-order valence-corrected chi connectivity index (χ0v) is 13.2. The predicted molar refractivity (Wildman–Crippen MR) is 80.2 cm³/mol. The van der Waals surface area contributed by atoms with Gasteiger partial charge in [-0.05, 0) is 51.0 Å². The monoisotopic (exact) mass is 295 g/mol. The molecule has 0 spiro atoms. The molecule has 0 saturated heterocycles. The van der Waals surface area contributed by atoms with Gasteiger partial charge in [0.25, 0.3) is 0 Å². The summed E-state index contributed by atoms with van der Waals surface area (Å²) in [5, 5.41) is 0. The van der Waals surface area contributed by atoms with Crippen LogP contribution in [0.3, 0.4) is 0 Å². The van der Waals surface area contributed by atoms with Crippen LogP contribution in [0.1, 0.15) is 32.8 Å². The minimum atomic E-state index is -3.64. The number of hydrogen-bond donors (Lipinski definition) is 1. The van der Waals surface area contributed by atoms with Crippen molar-refractivity contribution in [1.29, 1.82) is 0 Å². The second-order valence-corrected chi connectivity index (χ2v) is 6.48. The van der Waals surface area contributed by atoms with Crippen molar-refractivity contribution in [3.63, 3.8) is 0 Å². The first-order chi connectivity index (χ1) is 9.28. The standard InChI is InChI=1S/C15H21NO3S/c1-6-15(5,7-2)16-20(17,18)13-9-10-14(19-8-3)12(4)11-13/h1,9-11,16H,7-8H2,2-5H3/t15-/m0/s1. The van der Waals surface area contributed by atoms with Crippen molar-refractivity contribution in [1.82, 2.24) is 4.72 Å². The van der Waals surface area contributed by atoms with Gasteiger partial charge < -0.3 is 4.74 Å². The Morgan fingerprint density at radius 3 is 2.50 bits per heavy atom. The summed E-state index contributed by atoms with van der Waals surface area (Å²) in [7, 11) is -3.64. The summed E-state index contributed by atoms with van der Waals surface area (Å²) in [5.41, 5.74) is -0.112. The molecule has 0 aliphatic heterocycles. The highest BCUT2D eigenvalue weighted by Crippen LogP contribution is 2.23. The fourth-order valence-corrected chi connectivity index (χ4v) is 3.16. The fourth-order valence-electron chi connectivity index (χ4n) is 1.67. The molecule has 0 aromatic heterocycles. The minimum absolute atomic E-state index is 0.188. The van der Waals surface area contributed by atoms with Crippen molar-refractivity contribution in [2.75, 3.05) is 6.61 Å². The predicted octanol–water partition coefficient (Wildman–Crippen LogP) is 2.47. The number of terminal acetylenes is 1. The van der Waals surface area contributed by atoms with Crippen LogP contribution >= 0.6 is 0 Å². The molecule has 1 N–H and O–H groups in total. The van der Waals surface area contributed by atoms with Gasteiger partial charge in [-0.15, -0.1) is 6.42 Å². The Balaban J connectivity index is 3.11. The van der Waals surface area contributed by atoms with Crippen molar-refractivity contribution in [3.8, 4) is 18.1 Å². The highest BCUT2D eigenvalue weighted by Gasteiger charge is 2.27. The van der Waals surface area contributed by atoms with Gasteiger partial charge in [-0.25, -0.2) is 8.42 Å². The molecule has 0 aliphatic rings. The number of rotatable bonds is 6. The Labute approximate surface area is 121 Å². The summed E-state index contributed by atoms with van der Waals surface area (Å²) in [4.78, 5) is 0.188. The summed E-state index contributed by atoms with van der Waals surface area (Å²) < 4.78 is 32.6. The number of benzene rings is 1. The Morgan fingerprint density at radius 1 is 1.40 bits per heavy atom. The maximum atomic E-state index is 12.3. The van der Waals surface area contributed by atoms with E-state index in [1.807, 2.05) is 20.8 Å². The van der Waals surface area contributed by atoms with Gasteiger partial charge in [0, 0.05) is 0 Å². The molecule has 110 valence electrons. The minimum Gasteiger partial charge on any atom is -0.494 e. The summed E-state index contributed by atoms with van der Waals surface area (Å²) >= 11 is 0. The van der Waals surface area contributed by atoms with E-state index < -0.39 is 15.6 Å². The van der Waals surface area contributed by atoms with Crippen LogP contribution in [-0.4, -0.2) is 20.6 Å². The van der Waals surface area contributed by atoms with E-state index >= 15 is 0 Å². The number of nitrogens with one attached hydrogen (secondary N) is 1. The molecule has 1 aromatic rings. The lowest BCUT2D eigenvalue weighted by atomic mass is 10.0. The van der Waals surface area contributed by atoms with Crippen LogP contribution < -0.4 is 9.46 Å². The molecule has 0 heterocycles. The Morgan fingerprint density at radius 2 is 2.05 bits per heavy atom. The molecule has 4 nitrogen and oxygen atoms in total. The number of ether oxygens (including phenoxy) is 1. The van der Waals surface area contributed by atoms with Crippen LogP contribution in [0.15, 0.2) is 23.1 Å². The van der Waals surface area contributed by atoms with Gasteiger partial charge >= 0.3 is 0 Å². The van der Waals surface area contributed by atoms with Crippen molar-refractivity contribution < 1.29 is 13.2 Å². The Kier molecular flexibility index (Phi) is 5.21. The zero-order valence-electron chi connectivity index (χ0n) is 12.4.